The Hall–Kier alpha value is -1.02. The molecule has 0 aromatic heterocycles. The Morgan fingerprint density at radius 3 is 2.38 bits per heavy atom. The maximum Gasteiger partial charge on any atom is 0.119 e. The van der Waals surface area contributed by atoms with Crippen LogP contribution in [-0.4, -0.2) is 6.61 Å². The summed E-state index contributed by atoms with van der Waals surface area (Å²) in [7, 11) is 0. The highest BCUT2D eigenvalue weighted by Gasteiger charge is 2.05. The summed E-state index contributed by atoms with van der Waals surface area (Å²) in [4.78, 5) is 0. The quantitative estimate of drug-likeness (QED) is 0.713. The lowest BCUT2D eigenvalue weighted by Gasteiger charge is -2.12. The van der Waals surface area contributed by atoms with Crippen LogP contribution < -0.4 is 10.5 Å². The van der Waals surface area contributed by atoms with Crippen molar-refractivity contribution in [2.75, 3.05) is 6.61 Å². The van der Waals surface area contributed by atoms with Crippen molar-refractivity contribution in [2.45, 2.75) is 45.6 Å². The van der Waals surface area contributed by atoms with Gasteiger partial charge in [0, 0.05) is 6.04 Å². The normalized spacial score (nSPS) is 12.4. The number of hydrogen-bond acceptors (Lipinski definition) is 2. The molecular formula is C14H23NO. The minimum Gasteiger partial charge on any atom is -0.494 e. The van der Waals surface area contributed by atoms with E-state index in [1.807, 2.05) is 19.1 Å². The lowest BCUT2D eigenvalue weighted by molar-refractivity contribution is 0.340. The molecule has 0 bridgehead atoms. The topological polar surface area (TPSA) is 35.2 Å². The Balaban J connectivity index is 2.46. The van der Waals surface area contributed by atoms with Gasteiger partial charge in [0.05, 0.1) is 6.61 Å². The van der Waals surface area contributed by atoms with Crippen LogP contribution in [0.15, 0.2) is 24.3 Å². The average Bonchev–Trinajstić information content (AvgIpc) is 2.30. The molecule has 0 unspecified atom stereocenters. The van der Waals surface area contributed by atoms with Crippen LogP contribution in [0.5, 0.6) is 5.75 Å². The van der Waals surface area contributed by atoms with Crippen molar-refractivity contribution in [3.05, 3.63) is 29.8 Å². The molecule has 1 aromatic rings. The molecule has 2 N–H and O–H groups in total. The maximum absolute atomic E-state index is 6.12. The summed E-state index contributed by atoms with van der Waals surface area (Å²) in [6, 6.07) is 8.31. The summed E-state index contributed by atoms with van der Waals surface area (Å²) in [5, 5.41) is 0. The third-order valence-electron chi connectivity index (χ3n) is 2.74. The van der Waals surface area contributed by atoms with Gasteiger partial charge in [-0.25, -0.2) is 0 Å². The molecule has 0 amide bonds. The molecular weight excluding hydrogens is 198 g/mol. The third kappa shape index (κ3) is 4.23. The van der Waals surface area contributed by atoms with Crippen LogP contribution in [0.1, 0.15) is 51.1 Å². The zero-order valence-corrected chi connectivity index (χ0v) is 10.4. The van der Waals surface area contributed by atoms with E-state index in [4.69, 9.17) is 10.5 Å². The van der Waals surface area contributed by atoms with Gasteiger partial charge in [-0.05, 0) is 31.0 Å². The fraction of sp³-hybridized carbons (Fsp3) is 0.571. The van der Waals surface area contributed by atoms with E-state index in [0.717, 1.165) is 12.2 Å². The molecule has 0 saturated heterocycles. The second kappa shape index (κ2) is 7.29. The van der Waals surface area contributed by atoms with Gasteiger partial charge in [-0.2, -0.15) is 0 Å². The molecule has 0 saturated carbocycles. The summed E-state index contributed by atoms with van der Waals surface area (Å²) >= 11 is 0. The summed E-state index contributed by atoms with van der Waals surface area (Å²) in [6.07, 6.45) is 4.80. The maximum atomic E-state index is 6.12. The first-order valence-electron chi connectivity index (χ1n) is 6.26. The van der Waals surface area contributed by atoms with E-state index in [9.17, 15) is 0 Å². The van der Waals surface area contributed by atoms with E-state index in [0.29, 0.717) is 6.61 Å². The SMILES string of the molecule is CCCCC[C@H](N)c1ccc(OCC)cc1. The standard InChI is InChI=1S/C14H23NO/c1-3-5-6-7-14(15)12-8-10-13(11-9-12)16-4-2/h8-11,14H,3-7,15H2,1-2H3/t14-/m0/s1. The molecule has 2 nitrogen and oxygen atoms in total. The Morgan fingerprint density at radius 1 is 1.12 bits per heavy atom. The molecule has 0 heterocycles. The molecule has 2 heteroatoms. The zero-order valence-electron chi connectivity index (χ0n) is 10.4. The van der Waals surface area contributed by atoms with Crippen molar-refractivity contribution < 1.29 is 4.74 Å². The minimum absolute atomic E-state index is 0.169. The van der Waals surface area contributed by atoms with Crippen LogP contribution >= 0.6 is 0 Å². The summed E-state index contributed by atoms with van der Waals surface area (Å²) in [6.45, 7) is 4.91. The molecule has 0 spiro atoms. The summed E-state index contributed by atoms with van der Waals surface area (Å²) < 4.78 is 5.40. The number of rotatable bonds is 7. The smallest absolute Gasteiger partial charge is 0.119 e. The second-order valence-corrected chi connectivity index (χ2v) is 4.10. The van der Waals surface area contributed by atoms with Crippen LogP contribution in [0.3, 0.4) is 0 Å². The van der Waals surface area contributed by atoms with Crippen LogP contribution in [0.4, 0.5) is 0 Å². The van der Waals surface area contributed by atoms with E-state index in [1.165, 1.54) is 24.8 Å². The van der Waals surface area contributed by atoms with Gasteiger partial charge < -0.3 is 10.5 Å². The van der Waals surface area contributed by atoms with E-state index >= 15 is 0 Å². The molecule has 16 heavy (non-hydrogen) atoms. The van der Waals surface area contributed by atoms with Crippen LogP contribution in [0.2, 0.25) is 0 Å². The first-order chi connectivity index (χ1) is 7.77. The van der Waals surface area contributed by atoms with Crippen molar-refractivity contribution >= 4 is 0 Å². The number of ether oxygens (including phenoxy) is 1. The molecule has 0 aliphatic carbocycles. The van der Waals surface area contributed by atoms with E-state index in [-0.39, 0.29) is 6.04 Å². The van der Waals surface area contributed by atoms with Gasteiger partial charge in [-0.1, -0.05) is 38.3 Å². The van der Waals surface area contributed by atoms with Crippen LogP contribution in [0.25, 0.3) is 0 Å². The predicted molar refractivity (Wildman–Crippen MR) is 68.7 cm³/mol. The highest BCUT2D eigenvalue weighted by molar-refractivity contribution is 5.28. The van der Waals surface area contributed by atoms with Crippen molar-refractivity contribution in [1.82, 2.24) is 0 Å². The first kappa shape index (κ1) is 13.0. The highest BCUT2D eigenvalue weighted by Crippen LogP contribution is 2.20. The van der Waals surface area contributed by atoms with Crippen molar-refractivity contribution in [3.63, 3.8) is 0 Å². The molecule has 0 aliphatic rings. The molecule has 0 aliphatic heterocycles. The molecule has 1 rings (SSSR count). The predicted octanol–water partition coefficient (Wildman–Crippen LogP) is 3.67. The molecule has 90 valence electrons. The van der Waals surface area contributed by atoms with Gasteiger partial charge >= 0.3 is 0 Å². The molecule has 0 radical (unpaired) electrons. The fourth-order valence-electron chi connectivity index (χ4n) is 1.76. The minimum atomic E-state index is 0.169. The summed E-state index contributed by atoms with van der Waals surface area (Å²) in [5.41, 5.74) is 7.33. The number of hydrogen-bond donors (Lipinski definition) is 1. The van der Waals surface area contributed by atoms with Crippen LogP contribution in [-0.2, 0) is 0 Å². The van der Waals surface area contributed by atoms with Gasteiger partial charge in [0.25, 0.3) is 0 Å². The van der Waals surface area contributed by atoms with Gasteiger partial charge in [-0.15, -0.1) is 0 Å². The molecule has 1 atom stereocenters. The highest BCUT2D eigenvalue weighted by atomic mass is 16.5. The monoisotopic (exact) mass is 221 g/mol. The van der Waals surface area contributed by atoms with Crippen molar-refractivity contribution in [1.29, 1.82) is 0 Å². The van der Waals surface area contributed by atoms with E-state index in [2.05, 4.69) is 19.1 Å². The van der Waals surface area contributed by atoms with Gasteiger partial charge in [0.1, 0.15) is 5.75 Å². The Bertz CT molecular complexity index is 281. The second-order valence-electron chi connectivity index (χ2n) is 4.10. The van der Waals surface area contributed by atoms with E-state index < -0.39 is 0 Å². The largest absolute Gasteiger partial charge is 0.494 e. The van der Waals surface area contributed by atoms with Gasteiger partial charge in [0.15, 0.2) is 0 Å². The Labute approximate surface area is 98.8 Å². The lowest BCUT2D eigenvalue weighted by atomic mass is 10.0. The number of benzene rings is 1. The Morgan fingerprint density at radius 2 is 1.81 bits per heavy atom. The molecule has 1 aromatic carbocycles. The van der Waals surface area contributed by atoms with Crippen molar-refractivity contribution in [2.24, 2.45) is 5.73 Å². The fourth-order valence-corrected chi connectivity index (χ4v) is 1.76. The van der Waals surface area contributed by atoms with Crippen molar-refractivity contribution in [3.8, 4) is 5.75 Å². The van der Waals surface area contributed by atoms with E-state index in [1.54, 1.807) is 0 Å². The van der Waals surface area contributed by atoms with Gasteiger partial charge in [-0.3, -0.25) is 0 Å². The van der Waals surface area contributed by atoms with Gasteiger partial charge in [0.2, 0.25) is 0 Å². The first-order valence-corrected chi connectivity index (χ1v) is 6.26. The number of nitrogens with two attached hydrogens (primary N) is 1. The third-order valence-corrected chi connectivity index (χ3v) is 2.74. The summed E-state index contributed by atoms with van der Waals surface area (Å²) in [5.74, 6) is 0.923. The van der Waals surface area contributed by atoms with Crippen LogP contribution in [0, 0.1) is 0 Å². The number of unbranched alkanes of at least 4 members (excludes halogenated alkanes) is 2. The lowest BCUT2D eigenvalue weighted by Crippen LogP contribution is -2.09. The average molecular weight is 221 g/mol. The zero-order chi connectivity index (χ0) is 11.8. The molecule has 0 fully saturated rings. The Kier molecular flexibility index (Phi) is 5.94.